The smallest absolute Gasteiger partial charge is 0.330 e. The molecule has 5 heteroatoms. The quantitative estimate of drug-likeness (QED) is 0.592. The molecule has 0 spiro atoms. The van der Waals surface area contributed by atoms with Gasteiger partial charge in [-0.2, -0.15) is 0 Å². The van der Waals surface area contributed by atoms with E-state index in [1.807, 2.05) is 30.3 Å². The van der Waals surface area contributed by atoms with E-state index in [9.17, 15) is 9.59 Å². The van der Waals surface area contributed by atoms with Gasteiger partial charge in [-0.3, -0.25) is 0 Å². The van der Waals surface area contributed by atoms with Gasteiger partial charge >= 0.3 is 11.9 Å². The summed E-state index contributed by atoms with van der Waals surface area (Å²) >= 11 is 0. The summed E-state index contributed by atoms with van der Waals surface area (Å²) in [6.07, 6.45) is 0. The Kier molecular flexibility index (Phi) is 3.91. The summed E-state index contributed by atoms with van der Waals surface area (Å²) in [5.74, 6) is -2.12. The van der Waals surface area contributed by atoms with E-state index in [-0.39, 0.29) is 0 Å². The second-order valence-electron chi connectivity index (χ2n) is 3.81. The third kappa shape index (κ3) is 4.65. The van der Waals surface area contributed by atoms with Gasteiger partial charge < -0.3 is 15.8 Å². The number of rotatable bonds is 5. The van der Waals surface area contributed by atoms with Gasteiger partial charge in [-0.1, -0.05) is 30.3 Å². The fraction of sp³-hybridized carbons (Fsp3) is 0.385. The van der Waals surface area contributed by atoms with Gasteiger partial charge in [-0.15, -0.1) is 0 Å². The number of carbonyl (C=O) groups is 2. The van der Waals surface area contributed by atoms with Crippen LogP contribution < -0.4 is 11.1 Å². The zero-order chi connectivity index (χ0) is 16.0. The molecule has 0 radical (unpaired) electrons. The third-order valence-electron chi connectivity index (χ3n) is 2.26. The van der Waals surface area contributed by atoms with E-state index in [1.54, 1.807) is 0 Å². The summed E-state index contributed by atoms with van der Waals surface area (Å²) in [4.78, 5) is 23.1. The van der Waals surface area contributed by atoms with Gasteiger partial charge in [0.05, 0.1) is 0 Å². The minimum atomic E-state index is -2.70. The SMILES string of the molecule is [2H]C([2H])([2H])[C@H](N)C(=O)OC(=O)[C@H](C)NCc1ccccc1. The molecule has 2 atom stereocenters. The molecule has 0 bridgehead atoms. The number of esters is 2. The monoisotopic (exact) mass is 253 g/mol. The molecule has 0 aromatic heterocycles. The van der Waals surface area contributed by atoms with Crippen LogP contribution in [0.15, 0.2) is 30.3 Å². The molecule has 0 fully saturated rings. The van der Waals surface area contributed by atoms with Crippen LogP contribution in [0.2, 0.25) is 0 Å². The highest BCUT2D eigenvalue weighted by Crippen LogP contribution is 1.99. The maximum absolute atomic E-state index is 11.7. The van der Waals surface area contributed by atoms with Crippen molar-refractivity contribution in [3.05, 3.63) is 35.9 Å². The fourth-order valence-corrected chi connectivity index (χ4v) is 1.20. The fourth-order valence-electron chi connectivity index (χ4n) is 1.20. The lowest BCUT2D eigenvalue weighted by Gasteiger charge is -2.13. The van der Waals surface area contributed by atoms with Gasteiger partial charge in [0.1, 0.15) is 12.1 Å². The lowest BCUT2D eigenvalue weighted by Crippen LogP contribution is -2.39. The molecule has 0 aliphatic heterocycles. The number of nitrogens with one attached hydrogen (secondary N) is 1. The predicted octanol–water partition coefficient (Wildman–Crippen LogP) is 0.582. The number of hydrogen-bond donors (Lipinski definition) is 2. The van der Waals surface area contributed by atoms with Crippen LogP contribution in [0.3, 0.4) is 0 Å². The Balaban J connectivity index is 2.46. The van der Waals surface area contributed by atoms with Crippen molar-refractivity contribution in [2.75, 3.05) is 0 Å². The van der Waals surface area contributed by atoms with Crippen LogP contribution in [0.4, 0.5) is 0 Å². The van der Waals surface area contributed by atoms with Crippen molar-refractivity contribution in [3.63, 3.8) is 0 Å². The van der Waals surface area contributed by atoms with Crippen molar-refractivity contribution in [2.45, 2.75) is 32.4 Å². The Bertz CT molecular complexity index is 491. The van der Waals surface area contributed by atoms with Crippen LogP contribution in [-0.2, 0) is 20.9 Å². The molecular weight excluding hydrogens is 232 g/mol. The van der Waals surface area contributed by atoms with Gasteiger partial charge in [-0.05, 0) is 19.3 Å². The molecule has 0 amide bonds. The number of ether oxygens (including phenoxy) is 1. The number of carbonyl (C=O) groups excluding carboxylic acids is 2. The Morgan fingerprint density at radius 3 is 2.67 bits per heavy atom. The molecule has 0 saturated heterocycles. The lowest BCUT2D eigenvalue weighted by atomic mass is 10.2. The lowest BCUT2D eigenvalue weighted by molar-refractivity contribution is -0.161. The predicted molar refractivity (Wildman–Crippen MR) is 67.5 cm³/mol. The third-order valence-corrected chi connectivity index (χ3v) is 2.26. The van der Waals surface area contributed by atoms with Crippen molar-refractivity contribution < 1.29 is 18.4 Å². The molecule has 0 saturated carbocycles. The highest BCUT2D eigenvalue weighted by Gasteiger charge is 2.19. The first kappa shape index (κ1) is 10.2. The summed E-state index contributed by atoms with van der Waals surface area (Å²) in [5, 5.41) is 2.87. The molecule has 5 nitrogen and oxygen atoms in total. The van der Waals surface area contributed by atoms with Crippen LogP contribution in [0.25, 0.3) is 0 Å². The van der Waals surface area contributed by atoms with E-state index in [2.05, 4.69) is 10.1 Å². The topological polar surface area (TPSA) is 81.4 Å². The molecule has 3 N–H and O–H groups in total. The van der Waals surface area contributed by atoms with Gasteiger partial charge in [0, 0.05) is 10.7 Å². The van der Waals surface area contributed by atoms with E-state index in [4.69, 9.17) is 9.85 Å². The molecule has 1 rings (SSSR count). The molecule has 1 aromatic carbocycles. The average Bonchev–Trinajstić information content (AvgIpc) is 2.43. The Morgan fingerprint density at radius 1 is 1.39 bits per heavy atom. The van der Waals surface area contributed by atoms with Crippen molar-refractivity contribution >= 4 is 11.9 Å². The first-order chi connectivity index (χ1) is 9.71. The summed E-state index contributed by atoms with van der Waals surface area (Å²) in [5.41, 5.74) is 6.16. The minimum absolute atomic E-state index is 0.413. The zero-order valence-electron chi connectivity index (χ0n) is 13.1. The van der Waals surface area contributed by atoms with E-state index in [1.165, 1.54) is 6.92 Å². The number of benzene rings is 1. The Hall–Kier alpha value is -1.72. The van der Waals surface area contributed by atoms with E-state index >= 15 is 0 Å². The summed E-state index contributed by atoms with van der Waals surface area (Å²) in [6.45, 7) is -0.770. The molecule has 0 aliphatic rings. The second-order valence-corrected chi connectivity index (χ2v) is 3.81. The molecular formula is C13H18N2O3. The number of nitrogens with two attached hydrogens (primary N) is 1. The van der Waals surface area contributed by atoms with E-state index in [0.29, 0.717) is 6.54 Å². The van der Waals surface area contributed by atoms with Crippen molar-refractivity contribution in [1.29, 1.82) is 0 Å². The Morgan fingerprint density at radius 2 is 2.06 bits per heavy atom. The summed E-state index contributed by atoms with van der Waals surface area (Å²) < 4.78 is 25.4. The Labute approximate surface area is 111 Å². The highest BCUT2D eigenvalue weighted by atomic mass is 16.6. The van der Waals surface area contributed by atoms with Crippen LogP contribution in [0, 0.1) is 0 Å². The maximum atomic E-state index is 11.7. The molecule has 98 valence electrons. The van der Waals surface area contributed by atoms with Crippen molar-refractivity contribution in [2.24, 2.45) is 5.73 Å². The summed E-state index contributed by atoms with van der Waals surface area (Å²) in [7, 11) is 0. The van der Waals surface area contributed by atoms with Crippen LogP contribution >= 0.6 is 0 Å². The second kappa shape index (κ2) is 6.88. The van der Waals surface area contributed by atoms with Crippen LogP contribution in [0.5, 0.6) is 0 Å². The van der Waals surface area contributed by atoms with Gasteiger partial charge in [0.15, 0.2) is 0 Å². The van der Waals surface area contributed by atoms with Crippen LogP contribution in [-0.4, -0.2) is 24.0 Å². The van der Waals surface area contributed by atoms with Crippen LogP contribution in [0.1, 0.15) is 23.5 Å². The van der Waals surface area contributed by atoms with E-state index in [0.717, 1.165) is 5.56 Å². The normalized spacial score (nSPS) is 16.9. The maximum Gasteiger partial charge on any atom is 0.330 e. The van der Waals surface area contributed by atoms with Gasteiger partial charge in [0.2, 0.25) is 0 Å². The molecule has 1 aromatic rings. The van der Waals surface area contributed by atoms with Crippen molar-refractivity contribution in [1.82, 2.24) is 5.32 Å². The van der Waals surface area contributed by atoms with E-state index < -0.39 is 30.9 Å². The molecule has 18 heavy (non-hydrogen) atoms. The summed E-state index contributed by atoms with van der Waals surface area (Å²) in [6, 6.07) is 6.75. The zero-order valence-corrected chi connectivity index (χ0v) is 10.1. The molecule has 0 aliphatic carbocycles. The highest BCUT2D eigenvalue weighted by molar-refractivity contribution is 5.90. The number of hydrogen-bond acceptors (Lipinski definition) is 5. The molecule has 0 heterocycles. The molecule has 0 unspecified atom stereocenters. The standard InChI is InChI=1S/C13H18N2O3/c1-9(14)12(16)18-13(17)10(2)15-8-11-6-4-3-5-7-11/h3-7,9-10,15H,8,14H2,1-2H3/t9-,10-/m0/s1/i1D3. The largest absolute Gasteiger partial charge is 0.391 e. The first-order valence-electron chi connectivity index (χ1n) is 7.00. The minimum Gasteiger partial charge on any atom is -0.391 e. The van der Waals surface area contributed by atoms with Gasteiger partial charge in [0.25, 0.3) is 0 Å². The van der Waals surface area contributed by atoms with Gasteiger partial charge in [-0.25, -0.2) is 9.59 Å². The average molecular weight is 253 g/mol. The first-order valence-corrected chi connectivity index (χ1v) is 5.50. The van der Waals surface area contributed by atoms with Crippen molar-refractivity contribution in [3.8, 4) is 0 Å².